The predicted molar refractivity (Wildman–Crippen MR) is 80.0 cm³/mol. The van der Waals surface area contributed by atoms with Crippen molar-refractivity contribution in [3.8, 4) is 0 Å². The number of amides is 2. The second-order valence-corrected chi connectivity index (χ2v) is 5.75. The van der Waals surface area contributed by atoms with Gasteiger partial charge in [-0.1, -0.05) is 25.0 Å². The van der Waals surface area contributed by atoms with Crippen molar-refractivity contribution in [1.82, 2.24) is 5.32 Å². The van der Waals surface area contributed by atoms with Crippen LogP contribution < -0.4 is 10.6 Å². The van der Waals surface area contributed by atoms with Gasteiger partial charge in [0, 0.05) is 6.42 Å². The zero-order valence-corrected chi connectivity index (χ0v) is 12.6. The number of hydrogen-bond donors (Lipinski definition) is 2. The molecule has 2 rings (SSSR count). The number of anilines is 1. The molecule has 1 aromatic carbocycles. The number of benzene rings is 1. The van der Waals surface area contributed by atoms with Crippen LogP contribution in [0.2, 0.25) is 0 Å². The van der Waals surface area contributed by atoms with E-state index in [1.54, 1.807) is 6.07 Å². The highest BCUT2D eigenvalue weighted by molar-refractivity contribution is 6.03. The van der Waals surface area contributed by atoms with Crippen LogP contribution in [0.1, 0.15) is 42.5 Å². The normalized spacial score (nSPS) is 15.4. The summed E-state index contributed by atoms with van der Waals surface area (Å²) in [7, 11) is 0. The Kier molecular flexibility index (Phi) is 5.63. The highest BCUT2D eigenvalue weighted by Crippen LogP contribution is 2.28. The summed E-state index contributed by atoms with van der Waals surface area (Å²) in [6, 6.07) is 6.05. The second kappa shape index (κ2) is 7.48. The molecule has 4 nitrogen and oxygen atoms in total. The third-order valence-corrected chi connectivity index (χ3v) is 3.84. The van der Waals surface area contributed by atoms with Gasteiger partial charge < -0.3 is 10.6 Å². The molecule has 2 amide bonds. The van der Waals surface area contributed by atoms with E-state index in [0.717, 1.165) is 25.7 Å². The van der Waals surface area contributed by atoms with Gasteiger partial charge in [-0.3, -0.25) is 9.59 Å². The summed E-state index contributed by atoms with van der Waals surface area (Å²) in [4.78, 5) is 23.9. The van der Waals surface area contributed by atoms with E-state index in [0.29, 0.717) is 12.3 Å². The maximum absolute atomic E-state index is 12.2. The van der Waals surface area contributed by atoms with Crippen molar-refractivity contribution in [3.63, 3.8) is 0 Å². The molecule has 0 aliphatic heterocycles. The van der Waals surface area contributed by atoms with Gasteiger partial charge in [0.05, 0.1) is 11.3 Å². The van der Waals surface area contributed by atoms with Gasteiger partial charge in [-0.25, -0.2) is 0 Å². The van der Waals surface area contributed by atoms with E-state index in [9.17, 15) is 22.8 Å². The molecule has 2 N–H and O–H groups in total. The molecule has 0 unspecified atom stereocenters. The van der Waals surface area contributed by atoms with Crippen LogP contribution in [0.4, 0.5) is 18.9 Å². The van der Waals surface area contributed by atoms with Gasteiger partial charge in [0.1, 0.15) is 6.54 Å². The SMILES string of the molecule is O=C(CC1CCCC1)Nc1ccccc1C(=O)NCC(F)(F)F. The Balaban J connectivity index is 1.98. The molecule has 7 heteroatoms. The van der Waals surface area contributed by atoms with Crippen LogP contribution in [0.5, 0.6) is 0 Å². The molecule has 1 aliphatic carbocycles. The van der Waals surface area contributed by atoms with Crippen molar-refractivity contribution in [2.75, 3.05) is 11.9 Å². The van der Waals surface area contributed by atoms with Gasteiger partial charge in [-0.15, -0.1) is 0 Å². The van der Waals surface area contributed by atoms with Gasteiger partial charge in [0.2, 0.25) is 5.91 Å². The van der Waals surface area contributed by atoms with Crippen LogP contribution in [0.25, 0.3) is 0 Å². The first kappa shape index (κ1) is 17.3. The fourth-order valence-electron chi connectivity index (χ4n) is 2.74. The summed E-state index contributed by atoms with van der Waals surface area (Å²) in [5.41, 5.74) is 0.256. The summed E-state index contributed by atoms with van der Waals surface area (Å²) >= 11 is 0. The van der Waals surface area contributed by atoms with E-state index < -0.39 is 18.6 Å². The van der Waals surface area contributed by atoms with Crippen LogP contribution >= 0.6 is 0 Å². The molecule has 23 heavy (non-hydrogen) atoms. The Bertz CT molecular complexity index is 567. The van der Waals surface area contributed by atoms with E-state index in [-0.39, 0.29) is 17.2 Å². The van der Waals surface area contributed by atoms with Crippen molar-refractivity contribution in [2.45, 2.75) is 38.3 Å². The summed E-state index contributed by atoms with van der Waals surface area (Å²) in [6.45, 7) is -1.41. The molecule has 0 radical (unpaired) electrons. The van der Waals surface area contributed by atoms with Crippen molar-refractivity contribution >= 4 is 17.5 Å². The molecule has 0 heterocycles. The molecule has 1 saturated carbocycles. The minimum absolute atomic E-state index is 0.0246. The van der Waals surface area contributed by atoms with Gasteiger partial charge in [0.25, 0.3) is 5.91 Å². The molecule has 1 aliphatic rings. The van der Waals surface area contributed by atoms with Crippen LogP contribution in [-0.2, 0) is 4.79 Å². The third-order valence-electron chi connectivity index (χ3n) is 3.84. The minimum Gasteiger partial charge on any atom is -0.343 e. The monoisotopic (exact) mass is 328 g/mol. The fraction of sp³-hybridized carbons (Fsp3) is 0.500. The number of carbonyl (C=O) groups is 2. The Morgan fingerprint density at radius 3 is 2.43 bits per heavy atom. The number of alkyl halides is 3. The first-order chi connectivity index (χ1) is 10.8. The average Bonchev–Trinajstić information content (AvgIpc) is 2.97. The molecule has 0 aromatic heterocycles. The summed E-state index contributed by atoms with van der Waals surface area (Å²) < 4.78 is 36.6. The number of carbonyl (C=O) groups excluding carboxylic acids is 2. The third kappa shape index (κ3) is 5.58. The lowest BCUT2D eigenvalue weighted by Gasteiger charge is -2.14. The molecule has 0 spiro atoms. The summed E-state index contributed by atoms with van der Waals surface area (Å²) in [5, 5.41) is 4.44. The zero-order chi connectivity index (χ0) is 16.9. The highest BCUT2D eigenvalue weighted by atomic mass is 19.4. The maximum atomic E-state index is 12.2. The number of para-hydroxylation sites is 1. The summed E-state index contributed by atoms with van der Waals surface area (Å²) in [5.74, 6) is -0.728. The van der Waals surface area contributed by atoms with E-state index in [1.807, 2.05) is 5.32 Å². The maximum Gasteiger partial charge on any atom is 0.405 e. The largest absolute Gasteiger partial charge is 0.405 e. The molecular weight excluding hydrogens is 309 g/mol. The van der Waals surface area contributed by atoms with E-state index in [4.69, 9.17) is 0 Å². The quantitative estimate of drug-likeness (QED) is 0.869. The highest BCUT2D eigenvalue weighted by Gasteiger charge is 2.28. The lowest BCUT2D eigenvalue weighted by Crippen LogP contribution is -2.34. The summed E-state index contributed by atoms with van der Waals surface area (Å²) in [6.07, 6.45) is 0.167. The second-order valence-electron chi connectivity index (χ2n) is 5.75. The molecule has 1 fully saturated rings. The van der Waals surface area contributed by atoms with E-state index >= 15 is 0 Å². The Hall–Kier alpha value is -2.05. The molecule has 1 aromatic rings. The van der Waals surface area contributed by atoms with Crippen LogP contribution in [-0.4, -0.2) is 24.5 Å². The van der Waals surface area contributed by atoms with Crippen molar-refractivity contribution in [1.29, 1.82) is 0 Å². The zero-order valence-electron chi connectivity index (χ0n) is 12.6. The van der Waals surface area contributed by atoms with Crippen LogP contribution in [0, 0.1) is 5.92 Å². The van der Waals surface area contributed by atoms with Gasteiger partial charge >= 0.3 is 6.18 Å². The Morgan fingerprint density at radius 1 is 1.13 bits per heavy atom. The van der Waals surface area contributed by atoms with Gasteiger partial charge in [-0.2, -0.15) is 13.2 Å². The lowest BCUT2D eigenvalue weighted by atomic mass is 10.0. The Morgan fingerprint density at radius 2 is 1.78 bits per heavy atom. The van der Waals surface area contributed by atoms with Crippen molar-refractivity contribution < 1.29 is 22.8 Å². The standard InChI is InChI=1S/C16H19F3N2O2/c17-16(18,19)10-20-15(23)12-7-3-4-8-13(12)21-14(22)9-11-5-1-2-6-11/h3-4,7-8,11H,1-2,5-6,9-10H2,(H,20,23)(H,21,22). The van der Waals surface area contributed by atoms with Crippen molar-refractivity contribution in [2.24, 2.45) is 5.92 Å². The number of nitrogens with one attached hydrogen (secondary N) is 2. The smallest absolute Gasteiger partial charge is 0.343 e. The lowest BCUT2D eigenvalue weighted by molar-refractivity contribution is -0.123. The molecule has 0 saturated heterocycles. The first-order valence-corrected chi connectivity index (χ1v) is 7.59. The van der Waals surface area contributed by atoms with E-state index in [2.05, 4.69) is 5.32 Å². The number of halogens is 3. The van der Waals surface area contributed by atoms with Gasteiger partial charge in [0.15, 0.2) is 0 Å². The minimum atomic E-state index is -4.48. The molecule has 0 atom stereocenters. The molecule has 126 valence electrons. The fourth-order valence-corrected chi connectivity index (χ4v) is 2.74. The Labute approximate surface area is 132 Å². The number of hydrogen-bond acceptors (Lipinski definition) is 2. The van der Waals surface area contributed by atoms with E-state index in [1.165, 1.54) is 18.2 Å². The first-order valence-electron chi connectivity index (χ1n) is 7.59. The topological polar surface area (TPSA) is 58.2 Å². The van der Waals surface area contributed by atoms with Crippen LogP contribution in [0.15, 0.2) is 24.3 Å². The number of rotatable bonds is 5. The molecule has 0 bridgehead atoms. The van der Waals surface area contributed by atoms with Crippen molar-refractivity contribution in [3.05, 3.63) is 29.8 Å². The predicted octanol–water partition coefficient (Wildman–Crippen LogP) is 3.50. The molecular formula is C16H19F3N2O2. The van der Waals surface area contributed by atoms with Gasteiger partial charge in [-0.05, 0) is 30.9 Å². The average molecular weight is 328 g/mol. The van der Waals surface area contributed by atoms with Crippen LogP contribution in [0.3, 0.4) is 0 Å².